The number of benzene rings is 2. The van der Waals surface area contributed by atoms with Crippen molar-refractivity contribution in [1.29, 1.82) is 5.26 Å². The smallest absolute Gasteiger partial charge is 0.254 e. The number of anilines is 1. The number of rotatable bonds is 8. The Balaban J connectivity index is 1.69. The third kappa shape index (κ3) is 5.91. The molecule has 6 heteroatoms. The average Bonchev–Trinajstić information content (AvgIpc) is 3.07. The van der Waals surface area contributed by atoms with E-state index in [1.54, 1.807) is 0 Å². The number of nitriles is 1. The van der Waals surface area contributed by atoms with E-state index in [-0.39, 0.29) is 5.91 Å². The van der Waals surface area contributed by atoms with Gasteiger partial charge in [-0.3, -0.25) is 4.79 Å². The molecule has 0 atom stereocenters. The van der Waals surface area contributed by atoms with Gasteiger partial charge in [0.15, 0.2) is 11.5 Å². The van der Waals surface area contributed by atoms with Crippen molar-refractivity contribution < 1.29 is 14.3 Å². The predicted molar refractivity (Wildman–Crippen MR) is 122 cm³/mol. The molecular weight excluding hydrogens is 390 g/mol. The first kappa shape index (κ1) is 22.5. The molecule has 2 aromatic rings. The van der Waals surface area contributed by atoms with Gasteiger partial charge in [0.25, 0.3) is 5.91 Å². The number of nitrogens with zero attached hydrogens (tertiary/aromatic N) is 3. The van der Waals surface area contributed by atoms with Crippen molar-refractivity contribution in [2.24, 2.45) is 0 Å². The molecule has 2 aromatic carbocycles. The molecule has 164 valence electrons. The lowest BCUT2D eigenvalue weighted by Gasteiger charge is -2.24. The van der Waals surface area contributed by atoms with Gasteiger partial charge < -0.3 is 19.3 Å². The summed E-state index contributed by atoms with van der Waals surface area (Å²) < 4.78 is 11.6. The Morgan fingerprint density at radius 2 is 1.65 bits per heavy atom. The minimum Gasteiger partial charge on any atom is -0.490 e. The van der Waals surface area contributed by atoms with Crippen LogP contribution in [-0.2, 0) is 0 Å². The van der Waals surface area contributed by atoms with Gasteiger partial charge in [0.1, 0.15) is 0 Å². The number of hydrogen-bond donors (Lipinski definition) is 0. The molecule has 0 aromatic heterocycles. The fraction of sp³-hybridized carbons (Fsp3) is 0.440. The van der Waals surface area contributed by atoms with Crippen LogP contribution in [0.2, 0.25) is 0 Å². The van der Waals surface area contributed by atoms with Gasteiger partial charge >= 0.3 is 0 Å². The van der Waals surface area contributed by atoms with E-state index in [1.165, 1.54) is 0 Å². The van der Waals surface area contributed by atoms with Crippen molar-refractivity contribution in [2.75, 3.05) is 44.3 Å². The number of carbonyl (C=O) groups excluding carboxylic acids is 1. The fourth-order valence-corrected chi connectivity index (χ4v) is 3.61. The highest BCUT2D eigenvalue weighted by Crippen LogP contribution is 2.29. The van der Waals surface area contributed by atoms with E-state index >= 15 is 0 Å². The second-order valence-corrected chi connectivity index (χ2v) is 7.65. The molecule has 1 amide bonds. The van der Waals surface area contributed by atoms with Crippen LogP contribution in [0.1, 0.15) is 49.0 Å². The van der Waals surface area contributed by atoms with E-state index in [0.29, 0.717) is 48.9 Å². The SMILES string of the molecule is CCCOc1ccc(C(=O)N2CCCN(c3ccc(C#N)cc3)CC2)cc1OCCC. The molecule has 31 heavy (non-hydrogen) atoms. The maximum absolute atomic E-state index is 13.2. The van der Waals surface area contributed by atoms with Crippen molar-refractivity contribution in [3.05, 3.63) is 53.6 Å². The number of hydrogen-bond acceptors (Lipinski definition) is 5. The largest absolute Gasteiger partial charge is 0.490 e. The molecule has 0 radical (unpaired) electrons. The molecule has 0 bridgehead atoms. The van der Waals surface area contributed by atoms with Gasteiger partial charge in [-0.25, -0.2) is 0 Å². The molecule has 1 saturated heterocycles. The highest BCUT2D eigenvalue weighted by atomic mass is 16.5. The average molecular weight is 422 g/mol. The second kappa shape index (κ2) is 11.3. The molecule has 6 nitrogen and oxygen atoms in total. The summed E-state index contributed by atoms with van der Waals surface area (Å²) in [6, 6.07) is 15.3. The van der Waals surface area contributed by atoms with Crippen LogP contribution < -0.4 is 14.4 Å². The van der Waals surface area contributed by atoms with Gasteiger partial charge in [-0.1, -0.05) is 13.8 Å². The summed E-state index contributed by atoms with van der Waals surface area (Å²) in [4.78, 5) is 17.4. The van der Waals surface area contributed by atoms with E-state index in [0.717, 1.165) is 38.0 Å². The Morgan fingerprint density at radius 3 is 2.32 bits per heavy atom. The first-order valence-corrected chi connectivity index (χ1v) is 11.1. The zero-order valence-electron chi connectivity index (χ0n) is 18.5. The summed E-state index contributed by atoms with van der Waals surface area (Å²) in [5.74, 6) is 1.34. The fourth-order valence-electron chi connectivity index (χ4n) is 3.61. The van der Waals surface area contributed by atoms with Crippen molar-refractivity contribution in [3.8, 4) is 17.6 Å². The van der Waals surface area contributed by atoms with Crippen LogP contribution in [0, 0.1) is 11.3 Å². The van der Waals surface area contributed by atoms with Crippen LogP contribution in [-0.4, -0.2) is 50.2 Å². The Bertz CT molecular complexity index is 905. The summed E-state index contributed by atoms with van der Waals surface area (Å²) in [6.45, 7) is 8.32. The summed E-state index contributed by atoms with van der Waals surface area (Å²) in [5.41, 5.74) is 2.37. The lowest BCUT2D eigenvalue weighted by atomic mass is 10.1. The Morgan fingerprint density at radius 1 is 0.935 bits per heavy atom. The van der Waals surface area contributed by atoms with E-state index in [4.69, 9.17) is 14.7 Å². The molecule has 0 unspecified atom stereocenters. The highest BCUT2D eigenvalue weighted by molar-refractivity contribution is 5.95. The second-order valence-electron chi connectivity index (χ2n) is 7.65. The Kier molecular flexibility index (Phi) is 8.17. The minimum atomic E-state index is 0.0186. The third-order valence-corrected chi connectivity index (χ3v) is 5.26. The zero-order valence-corrected chi connectivity index (χ0v) is 18.5. The van der Waals surface area contributed by atoms with E-state index in [1.807, 2.05) is 47.4 Å². The van der Waals surface area contributed by atoms with Crippen LogP contribution in [0.4, 0.5) is 5.69 Å². The molecule has 0 saturated carbocycles. The summed E-state index contributed by atoms with van der Waals surface area (Å²) in [6.07, 6.45) is 2.70. The van der Waals surface area contributed by atoms with Crippen LogP contribution in [0.15, 0.2) is 42.5 Å². The molecule has 0 N–H and O–H groups in total. The molecule has 1 aliphatic heterocycles. The Hall–Kier alpha value is -3.20. The minimum absolute atomic E-state index is 0.0186. The van der Waals surface area contributed by atoms with E-state index in [2.05, 4.69) is 24.8 Å². The van der Waals surface area contributed by atoms with Gasteiger partial charge in [0.2, 0.25) is 0 Å². The van der Waals surface area contributed by atoms with E-state index < -0.39 is 0 Å². The maximum Gasteiger partial charge on any atom is 0.254 e. The van der Waals surface area contributed by atoms with Gasteiger partial charge in [0, 0.05) is 37.4 Å². The first-order chi connectivity index (χ1) is 15.2. The zero-order chi connectivity index (χ0) is 22.1. The molecular formula is C25H31N3O3. The van der Waals surface area contributed by atoms with Crippen LogP contribution >= 0.6 is 0 Å². The molecule has 1 heterocycles. The standard InChI is InChI=1S/C25H31N3O3/c1-3-16-30-23-11-8-21(18-24(23)31-17-4-2)25(29)28-13-5-12-27(14-15-28)22-9-6-20(19-26)7-10-22/h6-11,18H,3-5,12-17H2,1-2H3. The molecule has 1 aliphatic rings. The third-order valence-electron chi connectivity index (χ3n) is 5.26. The van der Waals surface area contributed by atoms with Crippen molar-refractivity contribution in [2.45, 2.75) is 33.1 Å². The van der Waals surface area contributed by atoms with Crippen molar-refractivity contribution in [3.63, 3.8) is 0 Å². The number of amides is 1. The number of carbonyl (C=O) groups is 1. The number of ether oxygens (including phenoxy) is 2. The van der Waals surface area contributed by atoms with Crippen LogP contribution in [0.25, 0.3) is 0 Å². The van der Waals surface area contributed by atoms with Crippen LogP contribution in [0.3, 0.4) is 0 Å². The monoisotopic (exact) mass is 421 g/mol. The predicted octanol–water partition coefficient (Wildman–Crippen LogP) is 4.49. The molecule has 0 aliphatic carbocycles. The Labute approximate surface area is 185 Å². The first-order valence-electron chi connectivity index (χ1n) is 11.1. The van der Waals surface area contributed by atoms with Gasteiger partial charge in [0.05, 0.1) is 24.8 Å². The molecule has 0 spiro atoms. The molecule has 3 rings (SSSR count). The van der Waals surface area contributed by atoms with Crippen molar-refractivity contribution >= 4 is 11.6 Å². The summed E-state index contributed by atoms with van der Waals surface area (Å²) >= 11 is 0. The normalized spacial score (nSPS) is 14.0. The molecule has 1 fully saturated rings. The highest BCUT2D eigenvalue weighted by Gasteiger charge is 2.22. The lowest BCUT2D eigenvalue weighted by Crippen LogP contribution is -2.35. The van der Waals surface area contributed by atoms with Gasteiger partial charge in [-0.15, -0.1) is 0 Å². The van der Waals surface area contributed by atoms with Crippen LogP contribution in [0.5, 0.6) is 11.5 Å². The lowest BCUT2D eigenvalue weighted by molar-refractivity contribution is 0.0766. The van der Waals surface area contributed by atoms with E-state index in [9.17, 15) is 4.79 Å². The maximum atomic E-state index is 13.2. The van der Waals surface area contributed by atoms with Gasteiger partial charge in [-0.05, 0) is 61.7 Å². The summed E-state index contributed by atoms with van der Waals surface area (Å²) in [7, 11) is 0. The topological polar surface area (TPSA) is 65.8 Å². The van der Waals surface area contributed by atoms with Crippen molar-refractivity contribution in [1.82, 2.24) is 4.90 Å². The van der Waals surface area contributed by atoms with Gasteiger partial charge in [-0.2, -0.15) is 5.26 Å². The summed E-state index contributed by atoms with van der Waals surface area (Å²) in [5, 5.41) is 8.99. The quantitative estimate of drug-likeness (QED) is 0.628.